The Kier molecular flexibility index (Phi) is 6.08. The van der Waals surface area contributed by atoms with Crippen molar-refractivity contribution in [3.05, 3.63) is 54.4 Å². The zero-order valence-corrected chi connectivity index (χ0v) is 16.5. The Balaban J connectivity index is 1.29. The minimum atomic E-state index is -0.526. The lowest BCUT2D eigenvalue weighted by Gasteiger charge is -2.47. The maximum atomic E-state index is 12.3. The Morgan fingerprint density at radius 2 is 2.10 bits per heavy atom. The molecule has 2 saturated heterocycles. The molecule has 1 aromatic carbocycles. The predicted molar refractivity (Wildman–Crippen MR) is 110 cm³/mol. The third-order valence-corrected chi connectivity index (χ3v) is 5.94. The Bertz CT molecular complexity index is 815. The number of nitrogens with zero attached hydrogens (tertiary/aromatic N) is 2. The van der Waals surface area contributed by atoms with Crippen LogP contribution in [-0.4, -0.2) is 65.5 Å². The minimum Gasteiger partial charge on any atom is -0.394 e. The van der Waals surface area contributed by atoms with E-state index in [2.05, 4.69) is 20.5 Å². The van der Waals surface area contributed by atoms with Crippen molar-refractivity contribution in [3.8, 4) is 11.1 Å². The van der Waals surface area contributed by atoms with Gasteiger partial charge in [-0.1, -0.05) is 30.3 Å². The first-order valence-corrected chi connectivity index (χ1v) is 10.2. The molecular formula is C22H28N4O3. The van der Waals surface area contributed by atoms with Gasteiger partial charge in [-0.05, 0) is 42.1 Å². The molecule has 0 radical (unpaired) electrons. The van der Waals surface area contributed by atoms with Crippen LogP contribution in [-0.2, 0) is 11.3 Å². The predicted octanol–water partition coefficient (Wildman–Crippen LogP) is 1.77. The fourth-order valence-corrected chi connectivity index (χ4v) is 4.28. The fraction of sp³-hybridized carbons (Fsp3) is 0.455. The quantitative estimate of drug-likeness (QED) is 0.693. The first-order valence-electron chi connectivity index (χ1n) is 10.2. The van der Waals surface area contributed by atoms with E-state index in [4.69, 9.17) is 4.74 Å². The van der Waals surface area contributed by atoms with Gasteiger partial charge in [-0.3, -0.25) is 9.88 Å². The van der Waals surface area contributed by atoms with Crippen LogP contribution in [0.2, 0.25) is 0 Å². The van der Waals surface area contributed by atoms with E-state index in [1.165, 1.54) is 0 Å². The molecule has 1 aromatic heterocycles. The van der Waals surface area contributed by atoms with Crippen LogP contribution in [0.4, 0.5) is 4.79 Å². The molecule has 0 spiro atoms. The lowest BCUT2D eigenvalue weighted by Crippen LogP contribution is -2.66. The van der Waals surface area contributed by atoms with E-state index in [1.807, 2.05) is 42.6 Å². The van der Waals surface area contributed by atoms with Crippen LogP contribution in [0.1, 0.15) is 18.4 Å². The lowest BCUT2D eigenvalue weighted by molar-refractivity contribution is -0.105. The van der Waals surface area contributed by atoms with Crippen molar-refractivity contribution >= 4 is 6.03 Å². The Morgan fingerprint density at radius 3 is 2.86 bits per heavy atom. The van der Waals surface area contributed by atoms with Crippen LogP contribution in [0, 0.1) is 0 Å². The Labute approximate surface area is 171 Å². The van der Waals surface area contributed by atoms with Crippen molar-refractivity contribution in [2.24, 2.45) is 0 Å². The number of pyridine rings is 1. The molecule has 4 rings (SSSR count). The van der Waals surface area contributed by atoms with Gasteiger partial charge in [-0.15, -0.1) is 0 Å². The van der Waals surface area contributed by atoms with E-state index in [0.29, 0.717) is 32.3 Å². The number of urea groups is 1. The summed E-state index contributed by atoms with van der Waals surface area (Å²) in [7, 11) is 0. The summed E-state index contributed by atoms with van der Waals surface area (Å²) < 4.78 is 5.72. The standard InChI is InChI=1S/C22H28N4O3/c27-15-22(16-29-13-20-4-2-10-26(20)22)14-25-21(28)24-11-17-5-7-18(8-6-17)19-3-1-9-23-12-19/h1,3,5-9,12,20,27H,2,4,10-11,13-16H2,(H2,24,25,28)/t20-,22+/m1/s1. The summed E-state index contributed by atoms with van der Waals surface area (Å²) in [6.45, 7) is 2.87. The molecule has 7 nitrogen and oxygen atoms in total. The van der Waals surface area contributed by atoms with Gasteiger partial charge in [0, 0.05) is 31.5 Å². The van der Waals surface area contributed by atoms with E-state index in [0.717, 1.165) is 36.1 Å². The highest BCUT2D eigenvalue weighted by atomic mass is 16.5. The number of rotatable bonds is 6. The molecule has 7 heteroatoms. The average molecular weight is 396 g/mol. The molecule has 3 heterocycles. The minimum absolute atomic E-state index is 0.0282. The highest BCUT2D eigenvalue weighted by molar-refractivity contribution is 5.74. The summed E-state index contributed by atoms with van der Waals surface area (Å²) in [6, 6.07) is 12.1. The van der Waals surface area contributed by atoms with E-state index in [1.54, 1.807) is 6.20 Å². The molecule has 3 N–H and O–H groups in total. The van der Waals surface area contributed by atoms with Crippen molar-refractivity contribution in [2.45, 2.75) is 31.0 Å². The van der Waals surface area contributed by atoms with Gasteiger partial charge < -0.3 is 20.5 Å². The highest BCUT2D eigenvalue weighted by Gasteiger charge is 2.46. The van der Waals surface area contributed by atoms with Gasteiger partial charge in [0.15, 0.2) is 0 Å². The summed E-state index contributed by atoms with van der Waals surface area (Å²) >= 11 is 0. The SMILES string of the molecule is O=C(NCc1ccc(-c2cccnc2)cc1)NC[C@]1(CO)COC[C@H]2CCCN21. The molecular weight excluding hydrogens is 368 g/mol. The number of nitrogens with one attached hydrogen (secondary N) is 2. The lowest BCUT2D eigenvalue weighted by atomic mass is 9.96. The number of hydrogen-bond acceptors (Lipinski definition) is 5. The number of fused-ring (bicyclic) bond motifs is 1. The number of aliphatic hydroxyl groups excluding tert-OH is 1. The monoisotopic (exact) mass is 396 g/mol. The molecule has 154 valence electrons. The molecule has 0 bridgehead atoms. The third kappa shape index (κ3) is 4.42. The van der Waals surface area contributed by atoms with Gasteiger partial charge in [-0.2, -0.15) is 0 Å². The third-order valence-electron chi connectivity index (χ3n) is 5.94. The van der Waals surface area contributed by atoms with Crippen LogP contribution in [0.25, 0.3) is 11.1 Å². The molecule has 0 unspecified atom stereocenters. The molecule has 0 saturated carbocycles. The Hall–Kier alpha value is -2.48. The molecule has 2 aromatic rings. The maximum absolute atomic E-state index is 12.3. The topological polar surface area (TPSA) is 86.7 Å². The number of ether oxygens (including phenoxy) is 1. The number of aliphatic hydroxyl groups is 1. The van der Waals surface area contributed by atoms with Crippen molar-refractivity contribution in [1.29, 1.82) is 0 Å². The van der Waals surface area contributed by atoms with Gasteiger partial charge in [-0.25, -0.2) is 4.79 Å². The second kappa shape index (κ2) is 8.90. The second-order valence-corrected chi connectivity index (χ2v) is 7.86. The number of carbonyl (C=O) groups is 1. The average Bonchev–Trinajstić information content (AvgIpc) is 3.27. The van der Waals surface area contributed by atoms with Crippen molar-refractivity contribution in [2.75, 3.05) is 32.9 Å². The van der Waals surface area contributed by atoms with Crippen LogP contribution < -0.4 is 10.6 Å². The first kappa shape index (κ1) is 19.8. The number of benzene rings is 1. The van der Waals surface area contributed by atoms with Crippen LogP contribution in [0.15, 0.2) is 48.8 Å². The van der Waals surface area contributed by atoms with Gasteiger partial charge in [0.1, 0.15) is 0 Å². The van der Waals surface area contributed by atoms with E-state index < -0.39 is 5.54 Å². The maximum Gasteiger partial charge on any atom is 0.315 e. The molecule has 29 heavy (non-hydrogen) atoms. The van der Waals surface area contributed by atoms with Gasteiger partial charge in [0.2, 0.25) is 0 Å². The van der Waals surface area contributed by atoms with E-state index in [9.17, 15) is 9.90 Å². The van der Waals surface area contributed by atoms with Crippen molar-refractivity contribution in [3.63, 3.8) is 0 Å². The van der Waals surface area contributed by atoms with Crippen molar-refractivity contribution in [1.82, 2.24) is 20.5 Å². The fourth-order valence-electron chi connectivity index (χ4n) is 4.28. The van der Waals surface area contributed by atoms with Crippen LogP contribution in [0.3, 0.4) is 0 Å². The van der Waals surface area contributed by atoms with Crippen LogP contribution in [0.5, 0.6) is 0 Å². The summed E-state index contributed by atoms with van der Waals surface area (Å²) in [5, 5.41) is 15.9. The summed E-state index contributed by atoms with van der Waals surface area (Å²) in [5.74, 6) is 0. The smallest absolute Gasteiger partial charge is 0.315 e. The number of aromatic nitrogens is 1. The Morgan fingerprint density at radius 1 is 1.24 bits per heavy atom. The summed E-state index contributed by atoms with van der Waals surface area (Å²) in [6.07, 6.45) is 5.78. The molecule has 2 amide bonds. The molecule has 2 aliphatic rings. The first-order chi connectivity index (χ1) is 14.2. The number of amides is 2. The van der Waals surface area contributed by atoms with Crippen molar-refractivity contribution < 1.29 is 14.6 Å². The van der Waals surface area contributed by atoms with E-state index in [-0.39, 0.29) is 12.6 Å². The second-order valence-electron chi connectivity index (χ2n) is 7.86. The normalized spacial score (nSPS) is 24.1. The summed E-state index contributed by atoms with van der Waals surface area (Å²) in [4.78, 5) is 18.8. The molecule has 2 atom stereocenters. The highest BCUT2D eigenvalue weighted by Crippen LogP contribution is 2.31. The van der Waals surface area contributed by atoms with Gasteiger partial charge in [0.05, 0.1) is 25.4 Å². The molecule has 2 aliphatic heterocycles. The van der Waals surface area contributed by atoms with Gasteiger partial charge in [0.25, 0.3) is 0 Å². The molecule has 0 aliphatic carbocycles. The number of carbonyl (C=O) groups excluding carboxylic acids is 1. The largest absolute Gasteiger partial charge is 0.394 e. The molecule has 2 fully saturated rings. The van der Waals surface area contributed by atoms with Crippen LogP contribution >= 0.6 is 0 Å². The van der Waals surface area contributed by atoms with Gasteiger partial charge >= 0.3 is 6.03 Å². The van der Waals surface area contributed by atoms with E-state index >= 15 is 0 Å². The number of morpholine rings is 1. The zero-order chi connectivity index (χ0) is 20.1. The summed E-state index contributed by atoms with van der Waals surface area (Å²) in [5.41, 5.74) is 2.65. The number of hydrogen-bond donors (Lipinski definition) is 3. The zero-order valence-electron chi connectivity index (χ0n) is 16.5.